The summed E-state index contributed by atoms with van der Waals surface area (Å²) in [6, 6.07) is 14.2. The van der Waals surface area contributed by atoms with Gasteiger partial charge in [0.25, 0.3) is 5.91 Å². The fraction of sp³-hybridized carbons (Fsp3) is 0.435. The van der Waals surface area contributed by atoms with Crippen molar-refractivity contribution >= 4 is 5.91 Å². The number of rotatable bonds is 7. The molecule has 26 heavy (non-hydrogen) atoms. The number of hydrogen-bond donors (Lipinski definition) is 1. The summed E-state index contributed by atoms with van der Waals surface area (Å²) in [4.78, 5) is 12.6. The van der Waals surface area contributed by atoms with Gasteiger partial charge in [0, 0.05) is 5.56 Å². The van der Waals surface area contributed by atoms with Crippen LogP contribution in [0.5, 0.6) is 5.75 Å². The van der Waals surface area contributed by atoms with Gasteiger partial charge in [-0.25, -0.2) is 0 Å². The van der Waals surface area contributed by atoms with E-state index in [-0.39, 0.29) is 11.9 Å². The monoisotopic (exact) mass is 351 g/mol. The molecule has 3 nitrogen and oxygen atoms in total. The quantitative estimate of drug-likeness (QED) is 0.741. The van der Waals surface area contributed by atoms with E-state index in [2.05, 4.69) is 37.4 Å². The number of nitrogens with one attached hydrogen (secondary N) is 1. The molecular weight excluding hydrogens is 322 g/mol. The maximum absolute atomic E-state index is 12.6. The second-order valence-corrected chi connectivity index (χ2v) is 7.04. The van der Waals surface area contributed by atoms with Gasteiger partial charge in [-0.15, -0.1) is 0 Å². The lowest BCUT2D eigenvalue weighted by Crippen LogP contribution is -2.28. The van der Waals surface area contributed by atoms with Gasteiger partial charge in [-0.2, -0.15) is 0 Å². The fourth-order valence-electron chi connectivity index (χ4n) is 3.56. The minimum absolute atomic E-state index is 0.0309. The summed E-state index contributed by atoms with van der Waals surface area (Å²) in [5.74, 6) is 0.779. The molecule has 0 aliphatic heterocycles. The Morgan fingerprint density at radius 1 is 1.04 bits per heavy atom. The predicted octanol–water partition coefficient (Wildman–Crippen LogP) is 5.24. The lowest BCUT2D eigenvalue weighted by molar-refractivity contribution is 0.0935. The van der Waals surface area contributed by atoms with Crippen molar-refractivity contribution in [3.63, 3.8) is 0 Å². The van der Waals surface area contributed by atoms with Crippen LogP contribution in [0.4, 0.5) is 0 Å². The van der Waals surface area contributed by atoms with Gasteiger partial charge in [0.1, 0.15) is 5.75 Å². The molecule has 0 aromatic heterocycles. The second-order valence-electron chi connectivity index (χ2n) is 7.04. The molecule has 1 N–H and O–H groups in total. The highest BCUT2D eigenvalue weighted by Crippen LogP contribution is 2.26. The number of hydrogen-bond acceptors (Lipinski definition) is 2. The highest BCUT2D eigenvalue weighted by molar-refractivity contribution is 5.94. The lowest BCUT2D eigenvalue weighted by atomic mass is 9.88. The zero-order chi connectivity index (χ0) is 18.4. The van der Waals surface area contributed by atoms with E-state index >= 15 is 0 Å². The normalized spacial score (nSPS) is 14.4. The van der Waals surface area contributed by atoms with Gasteiger partial charge in [0.15, 0.2) is 0 Å². The number of ether oxygens (including phenoxy) is 1. The smallest absolute Gasteiger partial charge is 0.251 e. The van der Waals surface area contributed by atoms with Gasteiger partial charge in [0.05, 0.1) is 12.6 Å². The molecule has 0 fully saturated rings. The van der Waals surface area contributed by atoms with Crippen LogP contribution in [-0.2, 0) is 12.8 Å². The summed E-state index contributed by atoms with van der Waals surface area (Å²) < 4.78 is 5.58. The Morgan fingerprint density at radius 2 is 1.77 bits per heavy atom. The van der Waals surface area contributed by atoms with Crippen molar-refractivity contribution in [1.29, 1.82) is 0 Å². The minimum Gasteiger partial charge on any atom is -0.494 e. The number of aryl methyl sites for hydroxylation is 2. The van der Waals surface area contributed by atoms with Gasteiger partial charge < -0.3 is 10.1 Å². The summed E-state index contributed by atoms with van der Waals surface area (Å²) in [5, 5.41) is 3.19. The summed E-state index contributed by atoms with van der Waals surface area (Å²) in [7, 11) is 0. The summed E-state index contributed by atoms with van der Waals surface area (Å²) in [5.41, 5.74) is 4.82. The van der Waals surface area contributed by atoms with E-state index in [1.807, 2.05) is 24.3 Å². The summed E-state index contributed by atoms with van der Waals surface area (Å²) in [6.45, 7) is 4.89. The molecule has 3 heteroatoms. The molecule has 1 aliphatic carbocycles. The molecular formula is C23H29NO2. The average molecular weight is 351 g/mol. The Labute approximate surface area is 156 Å². The third-order valence-corrected chi connectivity index (χ3v) is 5.08. The molecule has 3 rings (SSSR count). The van der Waals surface area contributed by atoms with Crippen LogP contribution in [0.15, 0.2) is 42.5 Å². The van der Waals surface area contributed by atoms with Crippen LogP contribution < -0.4 is 10.1 Å². The second kappa shape index (κ2) is 8.88. The maximum atomic E-state index is 12.6. The highest BCUT2D eigenvalue weighted by atomic mass is 16.5. The molecule has 1 atom stereocenters. The zero-order valence-corrected chi connectivity index (χ0v) is 15.9. The average Bonchev–Trinajstić information content (AvgIpc) is 2.70. The topological polar surface area (TPSA) is 38.3 Å². The zero-order valence-electron chi connectivity index (χ0n) is 15.9. The molecule has 0 spiro atoms. The minimum atomic E-state index is -0.0309. The highest BCUT2D eigenvalue weighted by Gasteiger charge is 2.17. The van der Waals surface area contributed by atoms with Crippen LogP contribution in [0.1, 0.15) is 72.6 Å². The van der Waals surface area contributed by atoms with Gasteiger partial charge in [-0.1, -0.05) is 32.0 Å². The SMILES string of the molecule is CCCOc1ccc(C(=O)NC(CC)c2ccc3c(c2)CCCC3)cc1. The van der Waals surface area contributed by atoms with E-state index in [0.29, 0.717) is 12.2 Å². The van der Waals surface area contributed by atoms with Crippen molar-refractivity contribution in [2.45, 2.75) is 58.4 Å². The van der Waals surface area contributed by atoms with E-state index in [1.165, 1.54) is 36.0 Å². The predicted molar refractivity (Wildman–Crippen MR) is 106 cm³/mol. The Balaban J connectivity index is 1.68. The van der Waals surface area contributed by atoms with Gasteiger partial charge in [-0.05, 0) is 79.5 Å². The first kappa shape index (κ1) is 18.5. The molecule has 0 radical (unpaired) electrons. The largest absolute Gasteiger partial charge is 0.494 e. The van der Waals surface area contributed by atoms with Crippen molar-refractivity contribution in [2.75, 3.05) is 6.61 Å². The van der Waals surface area contributed by atoms with Crippen molar-refractivity contribution in [3.05, 3.63) is 64.7 Å². The van der Waals surface area contributed by atoms with Crippen molar-refractivity contribution in [1.82, 2.24) is 5.32 Å². The van der Waals surface area contributed by atoms with E-state index in [9.17, 15) is 4.79 Å². The Morgan fingerprint density at radius 3 is 2.46 bits per heavy atom. The molecule has 0 saturated carbocycles. The fourth-order valence-corrected chi connectivity index (χ4v) is 3.56. The van der Waals surface area contributed by atoms with E-state index in [0.717, 1.165) is 25.0 Å². The Kier molecular flexibility index (Phi) is 6.32. The van der Waals surface area contributed by atoms with Gasteiger partial charge >= 0.3 is 0 Å². The number of amides is 1. The molecule has 0 saturated heterocycles. The van der Waals surface area contributed by atoms with Crippen LogP contribution in [-0.4, -0.2) is 12.5 Å². The van der Waals surface area contributed by atoms with Crippen molar-refractivity contribution in [2.24, 2.45) is 0 Å². The summed E-state index contributed by atoms with van der Waals surface area (Å²) >= 11 is 0. The third kappa shape index (κ3) is 4.46. The van der Waals surface area contributed by atoms with Gasteiger partial charge in [-0.3, -0.25) is 4.79 Å². The third-order valence-electron chi connectivity index (χ3n) is 5.08. The van der Waals surface area contributed by atoms with Crippen LogP contribution in [0.2, 0.25) is 0 Å². The molecule has 2 aromatic carbocycles. The first-order valence-electron chi connectivity index (χ1n) is 9.86. The van der Waals surface area contributed by atoms with Crippen LogP contribution in [0, 0.1) is 0 Å². The van der Waals surface area contributed by atoms with E-state index in [4.69, 9.17) is 4.74 Å². The number of benzene rings is 2. The first-order valence-corrected chi connectivity index (χ1v) is 9.86. The molecule has 138 valence electrons. The maximum Gasteiger partial charge on any atom is 0.251 e. The van der Waals surface area contributed by atoms with E-state index in [1.54, 1.807) is 0 Å². The molecule has 1 aliphatic rings. The Hall–Kier alpha value is -2.29. The number of carbonyl (C=O) groups is 1. The van der Waals surface area contributed by atoms with E-state index < -0.39 is 0 Å². The standard InChI is InChI=1S/C23H29NO2/c1-3-15-26-21-13-11-18(12-14-21)23(25)24-22(4-2)20-10-9-17-7-5-6-8-19(17)16-20/h9-14,16,22H,3-8,15H2,1-2H3,(H,24,25). The molecule has 2 aromatic rings. The first-order chi connectivity index (χ1) is 12.7. The van der Waals surface area contributed by atoms with Crippen molar-refractivity contribution < 1.29 is 9.53 Å². The number of fused-ring (bicyclic) bond motifs is 1. The van der Waals surface area contributed by atoms with Crippen molar-refractivity contribution in [3.8, 4) is 5.75 Å². The lowest BCUT2D eigenvalue weighted by Gasteiger charge is -2.22. The van der Waals surface area contributed by atoms with Gasteiger partial charge in [0.2, 0.25) is 0 Å². The molecule has 1 amide bonds. The van der Waals surface area contributed by atoms with Crippen LogP contribution >= 0.6 is 0 Å². The molecule has 1 unspecified atom stereocenters. The molecule has 0 heterocycles. The number of carbonyl (C=O) groups excluding carboxylic acids is 1. The summed E-state index contributed by atoms with van der Waals surface area (Å²) in [6.07, 6.45) is 6.76. The van der Waals surface area contributed by atoms with Crippen LogP contribution in [0.3, 0.4) is 0 Å². The molecule has 0 bridgehead atoms. The Bertz CT molecular complexity index is 736. The van der Waals surface area contributed by atoms with Crippen LogP contribution in [0.25, 0.3) is 0 Å².